The van der Waals surface area contributed by atoms with Crippen molar-refractivity contribution in [3.05, 3.63) is 90.5 Å². The van der Waals surface area contributed by atoms with Gasteiger partial charge in [-0.05, 0) is 42.0 Å². The second kappa shape index (κ2) is 9.34. The number of para-hydroxylation sites is 1. The molecule has 32 heavy (non-hydrogen) atoms. The number of ether oxygens (including phenoxy) is 1. The summed E-state index contributed by atoms with van der Waals surface area (Å²) in [5.41, 5.74) is 8.32. The summed E-state index contributed by atoms with van der Waals surface area (Å²) in [6, 6.07) is 24.5. The van der Waals surface area contributed by atoms with E-state index in [9.17, 15) is 14.4 Å². The van der Waals surface area contributed by atoms with Crippen molar-refractivity contribution < 1.29 is 19.1 Å². The van der Waals surface area contributed by atoms with E-state index in [0.29, 0.717) is 17.7 Å². The molecule has 1 aliphatic heterocycles. The molecule has 2 amide bonds. The fourth-order valence-electron chi connectivity index (χ4n) is 3.79. The van der Waals surface area contributed by atoms with Gasteiger partial charge in [0.2, 0.25) is 11.8 Å². The van der Waals surface area contributed by atoms with Gasteiger partial charge in [-0.3, -0.25) is 14.5 Å². The molecule has 3 aromatic carbocycles. The smallest absolute Gasteiger partial charge is 0.329 e. The molecule has 1 aliphatic rings. The third-order valence-corrected chi connectivity index (χ3v) is 5.33. The van der Waals surface area contributed by atoms with Gasteiger partial charge in [0.1, 0.15) is 12.0 Å². The van der Waals surface area contributed by atoms with Crippen LogP contribution in [0.5, 0.6) is 0 Å². The highest BCUT2D eigenvalue weighted by molar-refractivity contribution is 6.13. The molecule has 1 unspecified atom stereocenters. The third kappa shape index (κ3) is 4.46. The highest BCUT2D eigenvalue weighted by Gasteiger charge is 2.41. The molecule has 4 rings (SSSR count). The van der Waals surface area contributed by atoms with E-state index in [0.717, 1.165) is 11.4 Å². The van der Waals surface area contributed by atoms with Gasteiger partial charge in [-0.25, -0.2) is 4.79 Å². The summed E-state index contributed by atoms with van der Waals surface area (Å²) in [5, 5.41) is 3.28. The number of anilines is 3. The minimum absolute atomic E-state index is 0.216. The maximum atomic E-state index is 13.6. The first-order valence-electron chi connectivity index (χ1n) is 10.3. The van der Waals surface area contributed by atoms with E-state index in [4.69, 9.17) is 10.5 Å². The van der Waals surface area contributed by atoms with Gasteiger partial charge in [0.25, 0.3) is 0 Å². The van der Waals surface area contributed by atoms with Gasteiger partial charge in [0, 0.05) is 23.5 Å². The average molecular weight is 429 g/mol. The van der Waals surface area contributed by atoms with E-state index in [2.05, 4.69) is 5.32 Å². The summed E-state index contributed by atoms with van der Waals surface area (Å²) in [6.07, 6.45) is 0.342. The number of primary amides is 1. The number of hydrogen-bond donors (Lipinski definition) is 2. The average Bonchev–Trinajstić information content (AvgIpc) is 3.22. The number of esters is 1. The van der Waals surface area contributed by atoms with Crippen molar-refractivity contribution in [1.29, 1.82) is 0 Å². The minimum atomic E-state index is -1.22. The molecule has 0 spiro atoms. The molecule has 1 saturated heterocycles. The van der Waals surface area contributed by atoms with Crippen molar-refractivity contribution >= 4 is 34.8 Å². The molecule has 162 valence electrons. The Labute approximate surface area is 185 Å². The van der Waals surface area contributed by atoms with Crippen molar-refractivity contribution in [2.75, 3.05) is 16.8 Å². The zero-order valence-corrected chi connectivity index (χ0v) is 17.3. The second-order valence-electron chi connectivity index (χ2n) is 7.46. The first kappa shape index (κ1) is 21.1. The summed E-state index contributed by atoms with van der Waals surface area (Å²) in [7, 11) is 0. The van der Waals surface area contributed by atoms with Gasteiger partial charge in [-0.1, -0.05) is 48.5 Å². The molecule has 7 nitrogen and oxygen atoms in total. The molecule has 1 heterocycles. The predicted octanol–water partition coefficient (Wildman–Crippen LogP) is 3.35. The molecule has 3 aromatic rings. The number of carbonyl (C=O) groups is 3. The SMILES string of the molecule is NC(=O)C(C(=O)N(c1ccc(Nc2ccccc2)cc1)[C@H]1CCOC1=O)c1ccccc1. The third-order valence-electron chi connectivity index (χ3n) is 5.33. The topological polar surface area (TPSA) is 102 Å². The monoisotopic (exact) mass is 429 g/mol. The first-order chi connectivity index (χ1) is 15.5. The van der Waals surface area contributed by atoms with Crippen LogP contribution < -0.4 is 16.0 Å². The predicted molar refractivity (Wildman–Crippen MR) is 121 cm³/mol. The fraction of sp³-hybridized carbons (Fsp3) is 0.160. The Morgan fingerprint density at radius 1 is 0.906 bits per heavy atom. The highest BCUT2D eigenvalue weighted by atomic mass is 16.5. The number of hydrogen-bond acceptors (Lipinski definition) is 5. The molecule has 0 aromatic heterocycles. The van der Waals surface area contributed by atoms with Gasteiger partial charge in [0.05, 0.1) is 6.61 Å². The molecular formula is C25H23N3O4. The minimum Gasteiger partial charge on any atom is -0.464 e. The number of nitrogens with two attached hydrogens (primary N) is 1. The van der Waals surface area contributed by atoms with E-state index < -0.39 is 29.7 Å². The lowest BCUT2D eigenvalue weighted by atomic mass is 9.95. The standard InChI is InChI=1S/C25H23N3O4/c26-23(29)22(17-7-3-1-4-8-17)24(30)28(21-15-16-32-25(21)31)20-13-11-19(12-14-20)27-18-9-5-2-6-10-18/h1-14,21-22,27H,15-16H2,(H2,26,29)/t21-,22?/m0/s1. The van der Waals surface area contributed by atoms with E-state index >= 15 is 0 Å². The number of nitrogens with zero attached hydrogens (tertiary/aromatic N) is 1. The molecule has 7 heteroatoms. The Bertz CT molecular complexity index is 1100. The Hall–Kier alpha value is -4.13. The fourth-order valence-corrected chi connectivity index (χ4v) is 3.79. The molecule has 0 bridgehead atoms. The lowest BCUT2D eigenvalue weighted by Crippen LogP contribution is -2.48. The van der Waals surface area contributed by atoms with Crippen LogP contribution in [0, 0.1) is 0 Å². The normalized spacial score (nSPS) is 16.1. The number of rotatable bonds is 7. The zero-order valence-electron chi connectivity index (χ0n) is 17.3. The van der Waals surface area contributed by atoms with Crippen LogP contribution in [0.3, 0.4) is 0 Å². The number of nitrogens with one attached hydrogen (secondary N) is 1. The molecular weight excluding hydrogens is 406 g/mol. The maximum absolute atomic E-state index is 13.6. The largest absolute Gasteiger partial charge is 0.464 e. The lowest BCUT2D eigenvalue weighted by molar-refractivity contribution is -0.140. The van der Waals surface area contributed by atoms with Gasteiger partial charge in [0.15, 0.2) is 0 Å². The van der Waals surface area contributed by atoms with Gasteiger partial charge in [-0.2, -0.15) is 0 Å². The summed E-state index contributed by atoms with van der Waals surface area (Å²) >= 11 is 0. The molecule has 0 saturated carbocycles. The van der Waals surface area contributed by atoms with E-state index in [-0.39, 0.29) is 6.61 Å². The van der Waals surface area contributed by atoms with Crippen LogP contribution in [0.25, 0.3) is 0 Å². The van der Waals surface area contributed by atoms with Crippen LogP contribution in [0.1, 0.15) is 17.9 Å². The van der Waals surface area contributed by atoms with E-state index in [1.54, 1.807) is 42.5 Å². The highest BCUT2D eigenvalue weighted by Crippen LogP contribution is 2.30. The second-order valence-corrected chi connectivity index (χ2v) is 7.46. The molecule has 2 atom stereocenters. The van der Waals surface area contributed by atoms with Crippen molar-refractivity contribution in [2.45, 2.75) is 18.4 Å². The van der Waals surface area contributed by atoms with Crippen LogP contribution in [0.15, 0.2) is 84.9 Å². The van der Waals surface area contributed by atoms with Crippen LogP contribution >= 0.6 is 0 Å². The van der Waals surface area contributed by atoms with Gasteiger partial charge in [-0.15, -0.1) is 0 Å². The Morgan fingerprint density at radius 2 is 1.50 bits per heavy atom. The lowest BCUT2D eigenvalue weighted by Gasteiger charge is -2.29. The summed E-state index contributed by atoms with van der Waals surface area (Å²) in [5.74, 6) is -3.05. The van der Waals surface area contributed by atoms with Gasteiger partial charge >= 0.3 is 5.97 Å². The van der Waals surface area contributed by atoms with Crippen molar-refractivity contribution in [2.24, 2.45) is 5.73 Å². The van der Waals surface area contributed by atoms with Crippen LogP contribution in [0.2, 0.25) is 0 Å². The summed E-state index contributed by atoms with van der Waals surface area (Å²) in [6.45, 7) is 0.216. The van der Waals surface area contributed by atoms with Gasteiger partial charge < -0.3 is 15.8 Å². The zero-order chi connectivity index (χ0) is 22.5. The summed E-state index contributed by atoms with van der Waals surface area (Å²) < 4.78 is 5.11. The first-order valence-corrected chi connectivity index (χ1v) is 10.3. The number of amides is 2. The quantitative estimate of drug-likeness (QED) is 0.443. The summed E-state index contributed by atoms with van der Waals surface area (Å²) in [4.78, 5) is 39.6. The van der Waals surface area contributed by atoms with Crippen molar-refractivity contribution in [3.63, 3.8) is 0 Å². The van der Waals surface area contributed by atoms with Crippen LogP contribution in [-0.2, 0) is 19.1 Å². The molecule has 0 radical (unpaired) electrons. The number of carbonyl (C=O) groups excluding carboxylic acids is 3. The van der Waals surface area contributed by atoms with Crippen molar-refractivity contribution in [3.8, 4) is 0 Å². The number of cyclic esters (lactones) is 1. The molecule has 3 N–H and O–H groups in total. The Kier molecular flexibility index (Phi) is 6.17. The van der Waals surface area contributed by atoms with Crippen LogP contribution in [-0.4, -0.2) is 30.4 Å². The Morgan fingerprint density at radius 3 is 2.06 bits per heavy atom. The van der Waals surface area contributed by atoms with Crippen LogP contribution in [0.4, 0.5) is 17.1 Å². The Balaban J connectivity index is 1.67. The van der Waals surface area contributed by atoms with E-state index in [1.165, 1.54) is 4.90 Å². The molecule has 0 aliphatic carbocycles. The van der Waals surface area contributed by atoms with E-state index in [1.807, 2.05) is 42.5 Å². The van der Waals surface area contributed by atoms with Crippen molar-refractivity contribution in [1.82, 2.24) is 0 Å². The number of benzene rings is 3. The maximum Gasteiger partial charge on any atom is 0.329 e. The molecule has 1 fully saturated rings.